The number of carbonyl (C=O) groups excluding carboxylic acids is 1. The largest absolute Gasteiger partial charge is 0.355 e. The molecule has 190 valence electrons. The van der Waals surface area contributed by atoms with Crippen molar-refractivity contribution < 1.29 is 13.2 Å². The zero-order chi connectivity index (χ0) is 25.4. The van der Waals surface area contributed by atoms with Gasteiger partial charge < -0.3 is 15.1 Å². The van der Waals surface area contributed by atoms with Crippen LogP contribution in [0.1, 0.15) is 36.0 Å². The van der Waals surface area contributed by atoms with Crippen LogP contribution in [0.3, 0.4) is 0 Å². The summed E-state index contributed by atoms with van der Waals surface area (Å²) in [6.07, 6.45) is 7.81. The van der Waals surface area contributed by atoms with Crippen LogP contribution in [-0.2, 0) is 10.0 Å². The second kappa shape index (κ2) is 12.1. The number of likely N-dealkylation sites (tertiary alicyclic amines) is 1. The number of nitrogens with one attached hydrogen (secondary N) is 2. The zero-order valence-corrected chi connectivity index (χ0v) is 21.4. The molecule has 1 aromatic heterocycles. The predicted molar refractivity (Wildman–Crippen MR) is 143 cm³/mol. The van der Waals surface area contributed by atoms with Crippen molar-refractivity contribution in [2.75, 3.05) is 43.4 Å². The minimum Gasteiger partial charge on any atom is -0.355 e. The van der Waals surface area contributed by atoms with Crippen molar-refractivity contribution >= 4 is 33.0 Å². The van der Waals surface area contributed by atoms with Crippen molar-refractivity contribution in [3.8, 4) is 0 Å². The number of piperidine rings is 1. The van der Waals surface area contributed by atoms with Gasteiger partial charge in [0.1, 0.15) is 0 Å². The Labute approximate surface area is 213 Å². The Morgan fingerprint density at radius 2 is 1.67 bits per heavy atom. The van der Waals surface area contributed by atoms with Gasteiger partial charge in [0.25, 0.3) is 5.91 Å². The summed E-state index contributed by atoms with van der Waals surface area (Å²) in [6, 6.07) is 17.4. The maximum atomic E-state index is 12.9. The van der Waals surface area contributed by atoms with Gasteiger partial charge in [-0.05, 0) is 87.4 Å². The summed E-state index contributed by atoms with van der Waals surface area (Å²) >= 11 is 0. The van der Waals surface area contributed by atoms with E-state index in [1.54, 1.807) is 78.9 Å². The minimum absolute atomic E-state index is 0.157. The van der Waals surface area contributed by atoms with Crippen LogP contribution in [0.2, 0.25) is 0 Å². The number of benzene rings is 2. The molecule has 0 radical (unpaired) electrons. The normalized spacial score (nSPS) is 14.4. The number of amides is 1. The van der Waals surface area contributed by atoms with Crippen molar-refractivity contribution in [3.05, 3.63) is 78.6 Å². The van der Waals surface area contributed by atoms with Gasteiger partial charge in [-0.15, -0.1) is 0 Å². The number of aromatic nitrogens is 1. The molecule has 1 fully saturated rings. The third-order valence-corrected chi connectivity index (χ3v) is 7.75. The number of hydrogen-bond acceptors (Lipinski definition) is 6. The lowest BCUT2D eigenvalue weighted by molar-refractivity contribution is 0.0993. The molecule has 0 bridgehead atoms. The van der Waals surface area contributed by atoms with E-state index in [0.717, 1.165) is 31.7 Å². The van der Waals surface area contributed by atoms with E-state index in [0.29, 0.717) is 23.5 Å². The smallest absolute Gasteiger partial charge is 0.258 e. The third-order valence-electron chi connectivity index (χ3n) is 6.29. The second-order valence-corrected chi connectivity index (χ2v) is 10.7. The highest BCUT2D eigenvalue weighted by Crippen LogP contribution is 2.22. The van der Waals surface area contributed by atoms with Crippen LogP contribution in [-0.4, -0.2) is 57.4 Å². The number of sulfonamides is 1. The molecule has 9 heteroatoms. The third kappa shape index (κ3) is 6.90. The Morgan fingerprint density at radius 3 is 2.42 bits per heavy atom. The van der Waals surface area contributed by atoms with E-state index < -0.39 is 10.0 Å². The summed E-state index contributed by atoms with van der Waals surface area (Å²) < 4.78 is 28.4. The number of anilines is 3. The lowest BCUT2D eigenvalue weighted by Gasteiger charge is -2.26. The molecular formula is C27H33N5O3S. The molecule has 4 rings (SSSR count). The molecule has 1 amide bonds. The van der Waals surface area contributed by atoms with Crippen LogP contribution in [0, 0.1) is 0 Å². The number of nitrogens with zero attached hydrogens (tertiary/aromatic N) is 3. The standard InChI is InChI=1S/C27H33N5O3S/c1-31(25-12-15-28-16-13-25)27(33)22-8-5-9-23(20-22)30-24-10-6-11-26(21-24)36(34,35)29-14-7-19-32-17-3-2-4-18-32/h5-6,8-13,15-16,20-21,29-30H,2-4,7,14,17-19H2,1H3. The lowest BCUT2D eigenvalue weighted by atomic mass is 10.1. The van der Waals surface area contributed by atoms with Gasteiger partial charge in [-0.3, -0.25) is 9.78 Å². The van der Waals surface area contributed by atoms with Gasteiger partial charge in [-0.25, -0.2) is 13.1 Å². The van der Waals surface area contributed by atoms with E-state index in [4.69, 9.17) is 0 Å². The molecule has 36 heavy (non-hydrogen) atoms. The predicted octanol–water partition coefficient (Wildman–Crippen LogP) is 4.26. The fourth-order valence-corrected chi connectivity index (χ4v) is 5.41. The van der Waals surface area contributed by atoms with Crippen molar-refractivity contribution in [3.63, 3.8) is 0 Å². The van der Waals surface area contributed by atoms with Gasteiger partial charge in [0.2, 0.25) is 10.0 Å². The molecular weight excluding hydrogens is 474 g/mol. The molecule has 0 atom stereocenters. The summed E-state index contributed by atoms with van der Waals surface area (Å²) in [7, 11) is -1.90. The van der Waals surface area contributed by atoms with Crippen molar-refractivity contribution in [1.29, 1.82) is 0 Å². The molecule has 0 unspecified atom stereocenters. The first-order valence-electron chi connectivity index (χ1n) is 12.3. The van der Waals surface area contributed by atoms with Crippen LogP contribution >= 0.6 is 0 Å². The van der Waals surface area contributed by atoms with E-state index in [1.165, 1.54) is 19.3 Å². The van der Waals surface area contributed by atoms with Crippen molar-refractivity contribution in [1.82, 2.24) is 14.6 Å². The summed E-state index contributed by atoms with van der Waals surface area (Å²) in [5, 5.41) is 3.22. The van der Waals surface area contributed by atoms with Crippen LogP contribution in [0.5, 0.6) is 0 Å². The summed E-state index contributed by atoms with van der Waals surface area (Å²) in [6.45, 7) is 3.53. The van der Waals surface area contributed by atoms with Gasteiger partial charge in [-0.2, -0.15) is 0 Å². The van der Waals surface area contributed by atoms with Crippen LogP contribution in [0.25, 0.3) is 0 Å². The number of carbonyl (C=O) groups is 1. The highest BCUT2D eigenvalue weighted by atomic mass is 32.2. The summed E-state index contributed by atoms with van der Waals surface area (Å²) in [5.41, 5.74) is 2.57. The van der Waals surface area contributed by atoms with Crippen LogP contribution in [0.15, 0.2) is 78.0 Å². The van der Waals surface area contributed by atoms with Gasteiger partial charge in [0.05, 0.1) is 4.90 Å². The SMILES string of the molecule is CN(C(=O)c1cccc(Nc2cccc(S(=O)(=O)NCCCN3CCCCC3)c2)c1)c1ccncc1. The molecule has 2 heterocycles. The Balaban J connectivity index is 1.37. The second-order valence-electron chi connectivity index (χ2n) is 8.96. The van der Waals surface area contributed by atoms with E-state index in [1.807, 2.05) is 6.07 Å². The first kappa shape index (κ1) is 25.8. The number of hydrogen-bond donors (Lipinski definition) is 2. The van der Waals surface area contributed by atoms with Crippen molar-refractivity contribution in [2.45, 2.75) is 30.6 Å². The van der Waals surface area contributed by atoms with E-state index in [9.17, 15) is 13.2 Å². The van der Waals surface area contributed by atoms with Gasteiger partial charge in [0, 0.05) is 48.6 Å². The first-order valence-corrected chi connectivity index (χ1v) is 13.8. The van der Waals surface area contributed by atoms with Crippen LogP contribution < -0.4 is 14.9 Å². The fourth-order valence-electron chi connectivity index (χ4n) is 4.29. The van der Waals surface area contributed by atoms with Crippen molar-refractivity contribution in [2.24, 2.45) is 0 Å². The molecule has 0 spiro atoms. The average molecular weight is 508 g/mol. The zero-order valence-electron chi connectivity index (χ0n) is 20.6. The molecule has 1 aliphatic heterocycles. The van der Waals surface area contributed by atoms with Gasteiger partial charge in [0.15, 0.2) is 0 Å². The maximum absolute atomic E-state index is 12.9. The van der Waals surface area contributed by atoms with E-state index in [2.05, 4.69) is 19.9 Å². The maximum Gasteiger partial charge on any atom is 0.258 e. The number of rotatable bonds is 10. The molecule has 0 aliphatic carbocycles. The lowest BCUT2D eigenvalue weighted by Crippen LogP contribution is -2.33. The highest BCUT2D eigenvalue weighted by molar-refractivity contribution is 7.89. The average Bonchev–Trinajstić information content (AvgIpc) is 2.92. The van der Waals surface area contributed by atoms with E-state index >= 15 is 0 Å². The molecule has 8 nitrogen and oxygen atoms in total. The fraction of sp³-hybridized carbons (Fsp3) is 0.333. The van der Waals surface area contributed by atoms with E-state index in [-0.39, 0.29) is 10.8 Å². The summed E-state index contributed by atoms with van der Waals surface area (Å²) in [5.74, 6) is -0.157. The molecule has 2 aromatic carbocycles. The first-order chi connectivity index (χ1) is 17.4. The van der Waals surface area contributed by atoms with Gasteiger partial charge >= 0.3 is 0 Å². The molecule has 1 aliphatic rings. The molecule has 3 aromatic rings. The van der Waals surface area contributed by atoms with Crippen LogP contribution in [0.4, 0.5) is 17.1 Å². The highest BCUT2D eigenvalue weighted by Gasteiger charge is 2.16. The Kier molecular flexibility index (Phi) is 8.69. The molecule has 1 saturated heterocycles. The number of pyridine rings is 1. The Hall–Kier alpha value is -3.27. The topological polar surface area (TPSA) is 94.6 Å². The molecule has 2 N–H and O–H groups in total. The molecule has 0 saturated carbocycles. The summed E-state index contributed by atoms with van der Waals surface area (Å²) in [4.78, 5) is 21.1. The minimum atomic E-state index is -3.62. The van der Waals surface area contributed by atoms with Gasteiger partial charge in [-0.1, -0.05) is 18.6 Å². The Morgan fingerprint density at radius 1 is 0.972 bits per heavy atom. The Bertz CT molecular complexity index is 1260. The monoisotopic (exact) mass is 507 g/mol. The quantitative estimate of drug-likeness (QED) is 0.398.